The van der Waals surface area contributed by atoms with E-state index in [0.717, 1.165) is 11.1 Å². The smallest absolute Gasteiger partial charge is 0.250 e. The van der Waals surface area contributed by atoms with Crippen LogP contribution in [0.4, 0.5) is 5.69 Å². The number of carbonyl (C=O) groups is 3. The van der Waals surface area contributed by atoms with Crippen LogP contribution in [0.25, 0.3) is 0 Å². The molecule has 2 aromatic carbocycles. The molecule has 0 unspecified atom stereocenters. The van der Waals surface area contributed by atoms with Gasteiger partial charge in [0.25, 0.3) is 0 Å². The van der Waals surface area contributed by atoms with Crippen LogP contribution in [0, 0.1) is 18.8 Å². The van der Waals surface area contributed by atoms with Gasteiger partial charge in [0, 0.05) is 23.8 Å². The van der Waals surface area contributed by atoms with Crippen LogP contribution >= 0.6 is 0 Å². The van der Waals surface area contributed by atoms with Crippen molar-refractivity contribution in [2.45, 2.75) is 38.0 Å². The molecule has 7 nitrogen and oxygen atoms in total. The zero-order chi connectivity index (χ0) is 21.9. The summed E-state index contributed by atoms with van der Waals surface area (Å²) in [7, 11) is 0. The van der Waals surface area contributed by atoms with Crippen molar-refractivity contribution in [3.8, 4) is 0 Å². The highest BCUT2D eigenvalue weighted by Gasteiger charge is 2.70. The lowest BCUT2D eigenvalue weighted by atomic mass is 9.76. The highest BCUT2D eigenvalue weighted by molar-refractivity contribution is 6.15. The minimum absolute atomic E-state index is 0.250. The van der Waals surface area contributed by atoms with E-state index >= 15 is 0 Å². The molecule has 3 aliphatic rings. The van der Waals surface area contributed by atoms with Gasteiger partial charge >= 0.3 is 0 Å². The molecule has 7 heteroatoms. The van der Waals surface area contributed by atoms with Crippen molar-refractivity contribution in [1.82, 2.24) is 10.2 Å². The summed E-state index contributed by atoms with van der Waals surface area (Å²) in [6.07, 6.45) is -0.362. The van der Waals surface area contributed by atoms with E-state index in [0.29, 0.717) is 17.7 Å². The van der Waals surface area contributed by atoms with Crippen molar-refractivity contribution < 1.29 is 19.5 Å². The number of rotatable bonds is 4. The Bertz CT molecular complexity index is 1080. The number of nitrogens with one attached hydrogen (secondary N) is 2. The van der Waals surface area contributed by atoms with Gasteiger partial charge in [-0.15, -0.1) is 0 Å². The van der Waals surface area contributed by atoms with Crippen LogP contribution in [0.1, 0.15) is 23.6 Å². The predicted molar refractivity (Wildman–Crippen MR) is 114 cm³/mol. The number of hydrogen-bond donors (Lipinski definition) is 3. The van der Waals surface area contributed by atoms with Gasteiger partial charge in [-0.3, -0.25) is 24.6 Å². The van der Waals surface area contributed by atoms with Gasteiger partial charge in [0.2, 0.25) is 17.7 Å². The van der Waals surface area contributed by atoms with E-state index in [2.05, 4.69) is 10.6 Å². The Morgan fingerprint density at radius 2 is 1.84 bits per heavy atom. The quantitative estimate of drug-likeness (QED) is 0.650. The Hall–Kier alpha value is -3.03. The maximum atomic E-state index is 13.6. The summed E-state index contributed by atoms with van der Waals surface area (Å²) in [6.45, 7) is 3.75. The lowest BCUT2D eigenvalue weighted by Crippen LogP contribution is -2.55. The molecular formula is C24H25N3O4. The van der Waals surface area contributed by atoms with Crippen LogP contribution in [0.3, 0.4) is 0 Å². The molecule has 160 valence electrons. The molecule has 2 saturated heterocycles. The summed E-state index contributed by atoms with van der Waals surface area (Å²) in [5, 5.41) is 16.6. The second kappa shape index (κ2) is 7.00. The average Bonchev–Trinajstić information content (AvgIpc) is 3.33. The fourth-order valence-corrected chi connectivity index (χ4v) is 5.43. The highest BCUT2D eigenvalue weighted by atomic mass is 16.3. The number of likely N-dealkylation sites (tertiary alicyclic amines) is 1. The number of benzene rings is 2. The molecule has 0 aromatic heterocycles. The molecule has 31 heavy (non-hydrogen) atoms. The Balaban J connectivity index is 1.55. The molecule has 3 amide bonds. The zero-order valence-electron chi connectivity index (χ0n) is 17.5. The van der Waals surface area contributed by atoms with E-state index in [1.165, 1.54) is 4.90 Å². The van der Waals surface area contributed by atoms with Crippen molar-refractivity contribution in [2.24, 2.45) is 11.8 Å². The van der Waals surface area contributed by atoms with Crippen LogP contribution in [-0.4, -0.2) is 46.4 Å². The number of hydrogen-bond acceptors (Lipinski definition) is 5. The molecule has 0 saturated carbocycles. The second-order valence-corrected chi connectivity index (χ2v) is 8.79. The number of imide groups is 1. The summed E-state index contributed by atoms with van der Waals surface area (Å²) in [5.74, 6) is -2.71. The lowest BCUT2D eigenvalue weighted by Gasteiger charge is -2.30. The number of anilines is 1. The van der Waals surface area contributed by atoms with Gasteiger partial charge in [0.15, 0.2) is 0 Å². The average molecular weight is 419 g/mol. The molecule has 0 aliphatic carbocycles. The van der Waals surface area contributed by atoms with E-state index in [-0.39, 0.29) is 24.3 Å². The summed E-state index contributed by atoms with van der Waals surface area (Å²) in [4.78, 5) is 41.5. The minimum Gasteiger partial charge on any atom is -0.392 e. The molecular weight excluding hydrogens is 394 g/mol. The summed E-state index contributed by atoms with van der Waals surface area (Å²) in [6, 6.07) is 14.6. The van der Waals surface area contributed by atoms with Gasteiger partial charge in [-0.1, -0.05) is 48.0 Å². The number of carbonyl (C=O) groups excluding carboxylic acids is 3. The normalized spacial score (nSPS) is 30.0. The van der Waals surface area contributed by atoms with Gasteiger partial charge in [-0.05, 0) is 31.9 Å². The Morgan fingerprint density at radius 3 is 2.55 bits per heavy atom. The molecule has 1 spiro atoms. The van der Waals surface area contributed by atoms with Gasteiger partial charge in [0.05, 0.1) is 17.9 Å². The summed E-state index contributed by atoms with van der Waals surface area (Å²) < 4.78 is 0. The van der Waals surface area contributed by atoms with Crippen molar-refractivity contribution in [2.75, 3.05) is 11.9 Å². The first-order chi connectivity index (χ1) is 14.8. The Kier molecular flexibility index (Phi) is 4.50. The third-order valence-electron chi connectivity index (χ3n) is 6.88. The highest BCUT2D eigenvalue weighted by Crippen LogP contribution is 2.53. The number of nitrogens with zero attached hydrogens (tertiary/aromatic N) is 1. The van der Waals surface area contributed by atoms with Crippen LogP contribution in [0.15, 0.2) is 48.5 Å². The fourth-order valence-electron chi connectivity index (χ4n) is 5.43. The number of fused-ring (bicyclic) bond motifs is 4. The first-order valence-corrected chi connectivity index (χ1v) is 10.6. The van der Waals surface area contributed by atoms with E-state index in [1.807, 2.05) is 55.5 Å². The predicted octanol–water partition coefficient (Wildman–Crippen LogP) is 1.34. The van der Waals surface area contributed by atoms with Gasteiger partial charge in [-0.25, -0.2) is 0 Å². The molecule has 3 N–H and O–H groups in total. The molecule has 5 rings (SSSR count). The SMILES string of the molecule is Cc1ccc2c(c1)[C@@]1(N[C@@H]([C@@H](C)O)[C@H]3C(=O)N(CCc4ccccc4)C(=O)[C@@H]31)C(=O)N2. The summed E-state index contributed by atoms with van der Waals surface area (Å²) in [5.41, 5.74) is 1.92. The van der Waals surface area contributed by atoms with E-state index in [9.17, 15) is 19.5 Å². The first kappa shape index (κ1) is 19.9. The van der Waals surface area contributed by atoms with E-state index in [1.54, 1.807) is 6.92 Å². The fraction of sp³-hybridized carbons (Fsp3) is 0.375. The van der Waals surface area contributed by atoms with E-state index < -0.39 is 29.5 Å². The largest absolute Gasteiger partial charge is 0.392 e. The molecule has 0 bridgehead atoms. The van der Waals surface area contributed by atoms with E-state index in [4.69, 9.17) is 0 Å². The lowest BCUT2D eigenvalue weighted by molar-refractivity contribution is -0.143. The maximum absolute atomic E-state index is 13.6. The van der Waals surface area contributed by atoms with Gasteiger partial charge in [-0.2, -0.15) is 0 Å². The molecule has 3 heterocycles. The van der Waals surface area contributed by atoms with Crippen molar-refractivity contribution in [1.29, 1.82) is 0 Å². The van der Waals surface area contributed by atoms with Gasteiger partial charge < -0.3 is 10.4 Å². The molecule has 3 aliphatic heterocycles. The second-order valence-electron chi connectivity index (χ2n) is 8.79. The Labute approximate surface area is 180 Å². The van der Waals surface area contributed by atoms with Crippen LogP contribution in [-0.2, 0) is 26.3 Å². The number of aliphatic hydroxyl groups is 1. The zero-order valence-corrected chi connectivity index (χ0v) is 17.5. The number of aryl methyl sites for hydroxylation is 1. The van der Waals surface area contributed by atoms with Crippen LogP contribution in [0.2, 0.25) is 0 Å². The van der Waals surface area contributed by atoms with Crippen LogP contribution in [0.5, 0.6) is 0 Å². The topological polar surface area (TPSA) is 98.7 Å². The first-order valence-electron chi connectivity index (χ1n) is 10.6. The maximum Gasteiger partial charge on any atom is 0.250 e. The number of aliphatic hydroxyl groups excluding tert-OH is 1. The molecule has 0 radical (unpaired) electrons. The standard InChI is InChI=1S/C24H25N3O4/c1-13-8-9-17-16(12-13)24(23(31)25-17)19-18(20(26-24)14(2)28)21(29)27(22(19)30)11-10-15-6-4-3-5-7-15/h3-9,12,14,18-20,26,28H,10-11H2,1-2H3,(H,25,31)/t14-,18+,19-,20+,24+/m1/s1. The third kappa shape index (κ3) is 2.77. The van der Waals surface area contributed by atoms with Gasteiger partial charge in [0.1, 0.15) is 5.54 Å². The molecule has 5 atom stereocenters. The Morgan fingerprint density at radius 1 is 1.10 bits per heavy atom. The third-order valence-corrected chi connectivity index (χ3v) is 6.88. The minimum atomic E-state index is -1.36. The molecule has 2 fully saturated rings. The van der Waals surface area contributed by atoms with Crippen molar-refractivity contribution in [3.05, 3.63) is 65.2 Å². The summed E-state index contributed by atoms with van der Waals surface area (Å²) >= 11 is 0. The van der Waals surface area contributed by atoms with Crippen molar-refractivity contribution in [3.63, 3.8) is 0 Å². The monoisotopic (exact) mass is 419 g/mol. The molecule has 2 aromatic rings. The number of amides is 3. The van der Waals surface area contributed by atoms with Crippen molar-refractivity contribution >= 4 is 23.4 Å². The van der Waals surface area contributed by atoms with Crippen LogP contribution < -0.4 is 10.6 Å².